The molecule has 132 valence electrons. The Morgan fingerprint density at radius 1 is 1.32 bits per heavy atom. The van der Waals surface area contributed by atoms with Crippen molar-refractivity contribution in [2.24, 2.45) is 0 Å². The first-order valence-electron chi connectivity index (χ1n) is 8.35. The summed E-state index contributed by atoms with van der Waals surface area (Å²) >= 11 is 0. The van der Waals surface area contributed by atoms with Crippen LogP contribution < -0.4 is 10.6 Å². The molecule has 0 spiro atoms. The van der Waals surface area contributed by atoms with Crippen molar-refractivity contribution >= 4 is 11.8 Å². The van der Waals surface area contributed by atoms with Crippen molar-refractivity contribution in [3.63, 3.8) is 0 Å². The molecule has 1 aromatic carbocycles. The van der Waals surface area contributed by atoms with Gasteiger partial charge >= 0.3 is 0 Å². The first-order chi connectivity index (χ1) is 12.1. The Balaban J connectivity index is 1.49. The van der Waals surface area contributed by atoms with Gasteiger partial charge in [-0.25, -0.2) is 0 Å². The van der Waals surface area contributed by atoms with Crippen LogP contribution >= 0.6 is 0 Å². The molecule has 0 bridgehead atoms. The summed E-state index contributed by atoms with van der Waals surface area (Å²) in [5, 5.41) is 9.14. The van der Waals surface area contributed by atoms with E-state index < -0.39 is 5.91 Å². The highest BCUT2D eigenvalue weighted by atomic mass is 16.5. The summed E-state index contributed by atoms with van der Waals surface area (Å²) in [5.41, 5.74) is 0.969. The molecule has 2 amide bonds. The van der Waals surface area contributed by atoms with E-state index in [0.29, 0.717) is 5.76 Å². The number of ether oxygens (including phenoxy) is 1. The molecule has 2 heterocycles. The summed E-state index contributed by atoms with van der Waals surface area (Å²) < 4.78 is 10.7. The van der Waals surface area contributed by atoms with Crippen molar-refractivity contribution in [1.29, 1.82) is 0 Å². The summed E-state index contributed by atoms with van der Waals surface area (Å²) in [5.74, 6) is -0.212. The summed E-state index contributed by atoms with van der Waals surface area (Å²) in [7, 11) is 0. The lowest BCUT2D eigenvalue weighted by molar-refractivity contribution is -0.121. The van der Waals surface area contributed by atoms with Crippen LogP contribution in [0.25, 0.3) is 11.3 Å². The van der Waals surface area contributed by atoms with Crippen LogP contribution in [0.1, 0.15) is 30.3 Å². The molecule has 7 heteroatoms. The quantitative estimate of drug-likeness (QED) is 0.833. The lowest BCUT2D eigenvalue weighted by atomic mass is 10.1. The van der Waals surface area contributed by atoms with E-state index in [1.54, 1.807) is 6.07 Å². The Morgan fingerprint density at radius 3 is 2.84 bits per heavy atom. The molecule has 2 aromatic rings. The molecule has 2 N–H and O–H groups in total. The smallest absolute Gasteiger partial charge is 0.273 e. The van der Waals surface area contributed by atoms with E-state index >= 15 is 0 Å². The van der Waals surface area contributed by atoms with Crippen LogP contribution in [0.3, 0.4) is 0 Å². The average molecular weight is 343 g/mol. The number of rotatable bonds is 6. The molecular formula is C18H21N3O4. The third kappa shape index (κ3) is 4.45. The van der Waals surface area contributed by atoms with Gasteiger partial charge in [0.05, 0.1) is 18.7 Å². The molecule has 0 unspecified atom stereocenters. The highest BCUT2D eigenvalue weighted by Crippen LogP contribution is 2.19. The van der Waals surface area contributed by atoms with Crippen molar-refractivity contribution in [3.05, 3.63) is 42.1 Å². The Morgan fingerprint density at radius 2 is 2.12 bits per heavy atom. The topological polar surface area (TPSA) is 93.5 Å². The predicted octanol–water partition coefficient (Wildman–Crippen LogP) is 1.76. The van der Waals surface area contributed by atoms with E-state index in [0.717, 1.165) is 25.0 Å². The minimum absolute atomic E-state index is 0.0450. The fourth-order valence-corrected chi connectivity index (χ4v) is 2.77. The van der Waals surface area contributed by atoms with Gasteiger partial charge in [-0.05, 0) is 19.8 Å². The standard InChI is InChI=1S/C18H21N3O4/c1-12(15-8-5-9-24-15)20-17(22)11-19-18(23)14-10-16(25-21-14)13-6-3-2-4-7-13/h2-4,6-7,10,12,15H,5,8-9,11H2,1H3,(H,19,23)(H,20,22)/t12-,15+/m0/s1. The first kappa shape index (κ1) is 17.2. The molecule has 1 saturated heterocycles. The Labute approximate surface area is 145 Å². The minimum Gasteiger partial charge on any atom is -0.376 e. The number of amides is 2. The molecule has 0 saturated carbocycles. The van der Waals surface area contributed by atoms with Gasteiger partial charge < -0.3 is 19.9 Å². The second-order valence-electron chi connectivity index (χ2n) is 6.03. The van der Waals surface area contributed by atoms with Gasteiger partial charge in [0.15, 0.2) is 11.5 Å². The number of benzene rings is 1. The molecule has 1 aromatic heterocycles. The highest BCUT2D eigenvalue weighted by Gasteiger charge is 2.23. The molecule has 1 aliphatic heterocycles. The molecule has 1 aliphatic rings. The van der Waals surface area contributed by atoms with Gasteiger partial charge in [-0.1, -0.05) is 35.5 Å². The van der Waals surface area contributed by atoms with Crippen molar-refractivity contribution in [2.45, 2.75) is 31.9 Å². The number of nitrogens with zero attached hydrogens (tertiary/aromatic N) is 1. The lowest BCUT2D eigenvalue weighted by Gasteiger charge is -2.19. The maximum atomic E-state index is 12.1. The van der Waals surface area contributed by atoms with Crippen LogP contribution in [0.15, 0.2) is 40.9 Å². The molecule has 7 nitrogen and oxygen atoms in total. The maximum Gasteiger partial charge on any atom is 0.273 e. The Bertz CT molecular complexity index is 723. The van der Waals surface area contributed by atoms with Crippen molar-refractivity contribution in [3.8, 4) is 11.3 Å². The van der Waals surface area contributed by atoms with E-state index in [2.05, 4.69) is 15.8 Å². The summed E-state index contributed by atoms with van der Waals surface area (Å²) in [6.45, 7) is 2.51. The van der Waals surface area contributed by atoms with Crippen molar-refractivity contribution in [2.75, 3.05) is 13.2 Å². The SMILES string of the molecule is C[C@H](NC(=O)CNC(=O)c1cc(-c2ccccc2)on1)[C@H]1CCCO1. The van der Waals surface area contributed by atoms with Crippen molar-refractivity contribution < 1.29 is 18.8 Å². The molecule has 0 radical (unpaired) electrons. The zero-order chi connectivity index (χ0) is 17.6. The van der Waals surface area contributed by atoms with E-state index in [1.807, 2.05) is 37.3 Å². The van der Waals surface area contributed by atoms with Gasteiger partial charge in [0.2, 0.25) is 5.91 Å². The Hall–Kier alpha value is -2.67. The average Bonchev–Trinajstić information content (AvgIpc) is 3.32. The van der Waals surface area contributed by atoms with Crippen LogP contribution in [0.5, 0.6) is 0 Å². The number of carbonyl (C=O) groups excluding carboxylic acids is 2. The number of hydrogen-bond acceptors (Lipinski definition) is 5. The third-order valence-corrected chi connectivity index (χ3v) is 4.12. The van der Waals surface area contributed by atoms with Crippen LogP contribution in [-0.4, -0.2) is 42.3 Å². The third-order valence-electron chi connectivity index (χ3n) is 4.12. The lowest BCUT2D eigenvalue weighted by Crippen LogP contribution is -2.45. The predicted molar refractivity (Wildman–Crippen MR) is 90.9 cm³/mol. The summed E-state index contributed by atoms with van der Waals surface area (Å²) in [6, 6.07) is 10.8. The van der Waals surface area contributed by atoms with E-state index in [-0.39, 0.29) is 30.3 Å². The van der Waals surface area contributed by atoms with Crippen LogP contribution in [0, 0.1) is 0 Å². The molecule has 2 atom stereocenters. The number of nitrogens with one attached hydrogen (secondary N) is 2. The van der Waals surface area contributed by atoms with Gasteiger partial charge in [-0.3, -0.25) is 9.59 Å². The number of aromatic nitrogens is 1. The highest BCUT2D eigenvalue weighted by molar-refractivity contribution is 5.95. The monoisotopic (exact) mass is 343 g/mol. The van der Waals surface area contributed by atoms with E-state index in [4.69, 9.17) is 9.26 Å². The molecule has 1 fully saturated rings. The second-order valence-corrected chi connectivity index (χ2v) is 6.03. The fourth-order valence-electron chi connectivity index (χ4n) is 2.77. The second kappa shape index (κ2) is 7.94. The Kier molecular flexibility index (Phi) is 5.45. The van der Waals surface area contributed by atoms with Gasteiger partial charge in [0.1, 0.15) is 0 Å². The largest absolute Gasteiger partial charge is 0.376 e. The summed E-state index contributed by atoms with van der Waals surface area (Å²) in [4.78, 5) is 24.0. The van der Waals surface area contributed by atoms with E-state index in [1.165, 1.54) is 0 Å². The van der Waals surface area contributed by atoms with Crippen LogP contribution in [0.2, 0.25) is 0 Å². The van der Waals surface area contributed by atoms with Gasteiger partial charge in [0, 0.05) is 18.2 Å². The zero-order valence-electron chi connectivity index (χ0n) is 14.0. The van der Waals surface area contributed by atoms with Crippen LogP contribution in [-0.2, 0) is 9.53 Å². The molecule has 25 heavy (non-hydrogen) atoms. The van der Waals surface area contributed by atoms with Gasteiger partial charge in [0.25, 0.3) is 5.91 Å². The first-order valence-corrected chi connectivity index (χ1v) is 8.35. The van der Waals surface area contributed by atoms with E-state index in [9.17, 15) is 9.59 Å². The van der Waals surface area contributed by atoms with Gasteiger partial charge in [-0.2, -0.15) is 0 Å². The molecule has 3 rings (SSSR count). The zero-order valence-corrected chi connectivity index (χ0v) is 14.0. The maximum absolute atomic E-state index is 12.1. The van der Waals surface area contributed by atoms with Crippen molar-refractivity contribution in [1.82, 2.24) is 15.8 Å². The summed E-state index contributed by atoms with van der Waals surface area (Å²) in [6.07, 6.45) is 2.00. The molecular weight excluding hydrogens is 322 g/mol. The fraction of sp³-hybridized carbons (Fsp3) is 0.389. The minimum atomic E-state index is -0.453. The number of hydrogen-bond donors (Lipinski definition) is 2. The van der Waals surface area contributed by atoms with Gasteiger partial charge in [-0.15, -0.1) is 0 Å². The molecule has 0 aliphatic carbocycles. The number of carbonyl (C=O) groups is 2. The van der Waals surface area contributed by atoms with Crippen LogP contribution in [0.4, 0.5) is 0 Å². The normalized spacial score (nSPS) is 17.9.